The Morgan fingerprint density at radius 3 is 0.952 bits per heavy atom. The monoisotopic (exact) mass is 1370 g/mol. The Balaban J connectivity index is 0.869. The number of allylic oxidation sites excluding steroid dienone is 4. The van der Waals surface area contributed by atoms with Crippen LogP contribution in [0, 0.1) is 0 Å². The largest absolute Gasteiger partial charge is 0.499 e. The maximum atomic E-state index is 6.03. The quantitative estimate of drug-likeness (QED) is 0.0268. The predicted molar refractivity (Wildman–Crippen MR) is 425 cm³/mol. The smallest absolute Gasteiger partial charge is 0.119 e. The average Bonchev–Trinajstić information content (AvgIpc) is 1.58. The molecule has 0 radical (unpaired) electrons. The summed E-state index contributed by atoms with van der Waals surface area (Å²) in [5, 5.41) is 8.97. The van der Waals surface area contributed by atoms with Gasteiger partial charge in [-0.1, -0.05) is 85.5 Å². The number of hydrogen-bond donors (Lipinski definition) is 0. The molecule has 516 valence electrons. The van der Waals surface area contributed by atoms with Gasteiger partial charge < -0.3 is 66.0 Å². The molecule has 4 aromatic heterocycles. The molecule has 0 amide bonds. The van der Waals surface area contributed by atoms with Gasteiger partial charge in [-0.3, -0.25) is 0 Å². The first kappa shape index (κ1) is 66.3. The van der Waals surface area contributed by atoms with Crippen molar-refractivity contribution < 1.29 is 37.9 Å². The van der Waals surface area contributed by atoms with Crippen LogP contribution in [0.3, 0.4) is 0 Å². The van der Waals surface area contributed by atoms with Crippen LogP contribution < -0.4 is 24.0 Å². The third-order valence-electron chi connectivity index (χ3n) is 19.3. The maximum absolute atomic E-state index is 6.03. The number of aromatic nitrogens is 4. The molecule has 0 spiro atoms. The van der Waals surface area contributed by atoms with E-state index in [1.165, 1.54) is 0 Å². The molecule has 14 nitrogen and oxygen atoms in total. The van der Waals surface area contributed by atoms with Gasteiger partial charge in [-0.05, 0) is 206 Å². The van der Waals surface area contributed by atoms with Gasteiger partial charge in [0.1, 0.15) is 43.7 Å². The molecular weight excluding hydrogens is 1290 g/mol. The van der Waals surface area contributed by atoms with Gasteiger partial charge in [-0.15, -0.1) is 0 Å². The first-order chi connectivity index (χ1) is 51.4. The molecule has 104 heavy (non-hydrogen) atoms. The summed E-state index contributed by atoms with van der Waals surface area (Å²) in [6, 6.07) is 96.0. The number of methoxy groups -OCH3 is 4. The Hall–Kier alpha value is -12.3. The minimum Gasteiger partial charge on any atom is -0.499 e. The van der Waals surface area contributed by atoms with E-state index in [0.717, 1.165) is 161 Å². The van der Waals surface area contributed by atoms with Crippen LogP contribution in [0.1, 0.15) is 0 Å². The zero-order valence-electron chi connectivity index (χ0n) is 58.5. The van der Waals surface area contributed by atoms with Crippen LogP contribution in [0.15, 0.2) is 298 Å². The molecule has 0 N–H and O–H groups in total. The van der Waals surface area contributed by atoms with E-state index in [0.29, 0.717) is 52.9 Å². The zero-order chi connectivity index (χ0) is 70.5. The molecule has 0 aliphatic carbocycles. The van der Waals surface area contributed by atoms with Crippen LogP contribution in [0.4, 0.5) is 34.1 Å². The highest BCUT2D eigenvalue weighted by atomic mass is 16.5. The lowest BCUT2D eigenvalue weighted by Crippen LogP contribution is -2.12. The Morgan fingerprint density at radius 1 is 0.308 bits per heavy atom. The first-order valence-electron chi connectivity index (χ1n) is 35.0. The van der Waals surface area contributed by atoms with E-state index in [2.05, 4.69) is 265 Å². The molecule has 0 bridgehead atoms. The standard InChI is InChI=1S/C90H78N6O8/c1-6-15-62(48-49-101-54-50-97-2)93-83-20-11-7-16-75(83)79-58-68(34-44-87(79)93)91(69-35-45-88-80(59-69)76-17-8-12-21-84(76)94(88)65-28-38-72(39-29-65)102-55-51-98-3)63-24-26-64(27-25-63)92(70-36-46-89-81(60-70)77-18-9-13-22-85(77)95(89)66-30-40-73(41-31-66)103-56-52-99-4)71-37-47-90-82(61-71)78-19-10-14-23-86(78)96(90)67-32-42-74(43-33-67)104-57-53-100-5/h6-49,58-61H,1,50-57H2,2-5H3/b49-48-,62-15+. The molecule has 0 unspecified atom stereocenters. The SMILES string of the molecule is C=C/C=C(\C=C/OCCOC)n1c2ccccc2c2cc(N(c3ccc(N(c4ccc5c(c4)c4ccccc4n5-c4ccc(OCCOC)cc4)c4ccc5c(c4)c4ccccc4n5-c4ccc(OCCOC)cc4)cc3)c3ccc4c(c3)c3ccccc3n4-c3ccc(OCCOC)cc3)ccc21. The third-order valence-corrected chi connectivity index (χ3v) is 19.3. The summed E-state index contributed by atoms with van der Waals surface area (Å²) in [6.45, 7) is 7.99. The van der Waals surface area contributed by atoms with E-state index in [1.54, 1.807) is 34.7 Å². The number of ether oxygens (including phenoxy) is 8. The Kier molecular flexibility index (Phi) is 18.9. The number of para-hydroxylation sites is 4. The molecule has 0 aliphatic heterocycles. The highest BCUT2D eigenvalue weighted by Gasteiger charge is 2.24. The van der Waals surface area contributed by atoms with E-state index in [9.17, 15) is 0 Å². The third kappa shape index (κ3) is 12.6. The summed E-state index contributed by atoms with van der Waals surface area (Å²) in [5.41, 5.74) is 18.5. The van der Waals surface area contributed by atoms with Crippen molar-refractivity contribution in [1.29, 1.82) is 0 Å². The summed E-state index contributed by atoms with van der Waals surface area (Å²) in [7, 11) is 6.73. The molecule has 16 rings (SSSR count). The van der Waals surface area contributed by atoms with Crippen LogP contribution in [-0.2, 0) is 23.7 Å². The van der Waals surface area contributed by atoms with E-state index >= 15 is 0 Å². The van der Waals surface area contributed by atoms with Gasteiger partial charge in [0.15, 0.2) is 0 Å². The lowest BCUT2D eigenvalue weighted by molar-refractivity contribution is 0.123. The zero-order valence-corrected chi connectivity index (χ0v) is 58.5. The van der Waals surface area contributed by atoms with Crippen LogP contribution in [-0.4, -0.2) is 99.6 Å². The number of rotatable bonds is 28. The fourth-order valence-corrected chi connectivity index (χ4v) is 14.6. The molecule has 14 heteroatoms. The van der Waals surface area contributed by atoms with E-state index in [-0.39, 0.29) is 0 Å². The first-order valence-corrected chi connectivity index (χ1v) is 35.0. The van der Waals surface area contributed by atoms with Crippen LogP contribution in [0.25, 0.3) is 110 Å². The second kappa shape index (κ2) is 29.7. The Labute approximate surface area is 603 Å². The van der Waals surface area contributed by atoms with Crippen LogP contribution >= 0.6 is 0 Å². The van der Waals surface area contributed by atoms with Crippen molar-refractivity contribution in [3.05, 3.63) is 298 Å². The van der Waals surface area contributed by atoms with Crippen LogP contribution in [0.5, 0.6) is 17.2 Å². The second-order valence-corrected chi connectivity index (χ2v) is 25.4. The molecular formula is C90H78N6O8. The predicted octanol–water partition coefficient (Wildman–Crippen LogP) is 21.3. The van der Waals surface area contributed by atoms with Crippen molar-refractivity contribution in [3.8, 4) is 34.3 Å². The van der Waals surface area contributed by atoms with E-state index < -0.39 is 0 Å². The summed E-state index contributed by atoms with van der Waals surface area (Å²) >= 11 is 0. The number of anilines is 6. The van der Waals surface area contributed by atoms with Gasteiger partial charge in [-0.25, -0.2) is 0 Å². The molecule has 0 atom stereocenters. The maximum Gasteiger partial charge on any atom is 0.119 e. The highest BCUT2D eigenvalue weighted by molar-refractivity contribution is 6.15. The fraction of sp³-hybridized carbons (Fsp3) is 0.133. The summed E-state index contributed by atoms with van der Waals surface area (Å²) in [6.07, 6.45) is 7.55. The lowest BCUT2D eigenvalue weighted by atomic mass is 10.1. The molecule has 0 saturated carbocycles. The van der Waals surface area contributed by atoms with Crippen molar-refractivity contribution in [1.82, 2.24) is 18.3 Å². The topological polar surface area (TPSA) is 100 Å². The van der Waals surface area contributed by atoms with Gasteiger partial charge >= 0.3 is 0 Å². The average molecular weight is 1370 g/mol. The molecule has 12 aromatic carbocycles. The second-order valence-electron chi connectivity index (χ2n) is 25.4. The highest BCUT2D eigenvalue weighted by Crippen LogP contribution is 2.47. The molecule has 4 heterocycles. The number of benzene rings is 12. The number of hydrogen-bond acceptors (Lipinski definition) is 10. The minimum absolute atomic E-state index is 0.432. The summed E-state index contributed by atoms with van der Waals surface area (Å²) in [5.74, 6) is 2.37. The van der Waals surface area contributed by atoms with Gasteiger partial charge in [0.2, 0.25) is 0 Å². The van der Waals surface area contributed by atoms with Gasteiger partial charge in [0, 0.05) is 128 Å². The molecule has 16 aromatic rings. The Morgan fingerprint density at radius 2 is 0.596 bits per heavy atom. The van der Waals surface area contributed by atoms with E-state index in [4.69, 9.17) is 37.9 Å². The minimum atomic E-state index is 0.432. The molecule has 0 saturated heterocycles. The molecule has 0 fully saturated rings. The van der Waals surface area contributed by atoms with Gasteiger partial charge in [0.05, 0.1) is 76.8 Å². The fourth-order valence-electron chi connectivity index (χ4n) is 14.6. The van der Waals surface area contributed by atoms with Gasteiger partial charge in [-0.2, -0.15) is 0 Å². The van der Waals surface area contributed by atoms with Crippen molar-refractivity contribution in [3.63, 3.8) is 0 Å². The summed E-state index contributed by atoms with van der Waals surface area (Å²) < 4.78 is 54.4. The number of fused-ring (bicyclic) bond motifs is 12. The lowest BCUT2D eigenvalue weighted by Gasteiger charge is -2.29. The van der Waals surface area contributed by atoms with Crippen LogP contribution in [0.2, 0.25) is 0 Å². The normalized spacial score (nSPS) is 12.0. The van der Waals surface area contributed by atoms with Crippen molar-refractivity contribution in [2.24, 2.45) is 0 Å². The number of nitrogens with zero attached hydrogens (tertiary/aromatic N) is 6. The van der Waals surface area contributed by atoms with E-state index in [1.807, 2.05) is 54.6 Å². The van der Waals surface area contributed by atoms with Crippen molar-refractivity contribution in [2.45, 2.75) is 0 Å². The van der Waals surface area contributed by atoms with Gasteiger partial charge in [0.25, 0.3) is 0 Å². The van der Waals surface area contributed by atoms with Crippen molar-refractivity contribution in [2.75, 3.05) is 91.1 Å². The van der Waals surface area contributed by atoms with Crippen molar-refractivity contribution >= 4 is 127 Å². The summed E-state index contributed by atoms with van der Waals surface area (Å²) in [4.78, 5) is 4.79. The molecule has 0 aliphatic rings. The Bertz CT molecular complexity index is 5680.